The van der Waals surface area contributed by atoms with Crippen molar-refractivity contribution in [3.05, 3.63) is 29.6 Å². The van der Waals surface area contributed by atoms with E-state index in [1.165, 1.54) is 17.3 Å². The van der Waals surface area contributed by atoms with Crippen LogP contribution in [-0.4, -0.2) is 36.4 Å². The van der Waals surface area contributed by atoms with Gasteiger partial charge >= 0.3 is 5.97 Å². The summed E-state index contributed by atoms with van der Waals surface area (Å²) in [6.45, 7) is 3.24. The molecule has 0 bridgehead atoms. The maximum Gasteiger partial charge on any atom is 0.307 e. The minimum absolute atomic E-state index is 0.0294. The van der Waals surface area contributed by atoms with Crippen LogP contribution in [0.4, 0.5) is 4.39 Å². The van der Waals surface area contributed by atoms with Crippen molar-refractivity contribution in [3.63, 3.8) is 0 Å². The summed E-state index contributed by atoms with van der Waals surface area (Å²) in [7, 11) is -3.82. The van der Waals surface area contributed by atoms with E-state index in [-0.39, 0.29) is 17.5 Å². The molecule has 116 valence electrons. The lowest BCUT2D eigenvalue weighted by atomic mass is 9.96. The lowest BCUT2D eigenvalue weighted by Gasteiger charge is -2.35. The maximum absolute atomic E-state index is 13.1. The number of benzene rings is 1. The van der Waals surface area contributed by atoms with Gasteiger partial charge < -0.3 is 5.11 Å². The Morgan fingerprint density at radius 1 is 1.38 bits per heavy atom. The fourth-order valence-corrected chi connectivity index (χ4v) is 4.55. The third kappa shape index (κ3) is 3.08. The Balaban J connectivity index is 2.39. The minimum Gasteiger partial charge on any atom is -0.481 e. The molecule has 2 unspecified atom stereocenters. The molecule has 5 nitrogen and oxygen atoms in total. The fourth-order valence-electron chi connectivity index (χ4n) is 2.64. The number of aliphatic carboxylic acids is 1. The van der Waals surface area contributed by atoms with E-state index in [2.05, 4.69) is 0 Å². The van der Waals surface area contributed by atoms with Crippen molar-refractivity contribution in [3.8, 4) is 0 Å². The molecular weight excluding hydrogens is 297 g/mol. The Labute approximate surface area is 123 Å². The number of hydrogen-bond donors (Lipinski definition) is 1. The number of sulfonamides is 1. The SMILES string of the molecule is Cc1cc(F)ccc1S(=O)(=O)N1CC(C(=O)O)CCC1C. The van der Waals surface area contributed by atoms with E-state index in [1.807, 2.05) is 0 Å². The third-order valence-corrected chi connectivity index (χ3v) is 6.04. The number of piperidine rings is 1. The highest BCUT2D eigenvalue weighted by atomic mass is 32.2. The number of aryl methyl sites for hydroxylation is 1. The first kappa shape index (κ1) is 15.9. The van der Waals surface area contributed by atoms with Gasteiger partial charge in [0.25, 0.3) is 0 Å². The van der Waals surface area contributed by atoms with Crippen LogP contribution in [0.15, 0.2) is 23.1 Å². The molecule has 1 heterocycles. The van der Waals surface area contributed by atoms with Gasteiger partial charge in [0, 0.05) is 12.6 Å². The fraction of sp³-hybridized carbons (Fsp3) is 0.500. The van der Waals surface area contributed by atoms with Gasteiger partial charge in [-0.05, 0) is 50.5 Å². The van der Waals surface area contributed by atoms with Gasteiger partial charge in [0.05, 0.1) is 10.8 Å². The van der Waals surface area contributed by atoms with Crippen LogP contribution in [0.3, 0.4) is 0 Å². The van der Waals surface area contributed by atoms with E-state index in [0.717, 1.165) is 12.1 Å². The van der Waals surface area contributed by atoms with Gasteiger partial charge in [-0.25, -0.2) is 12.8 Å². The first-order valence-electron chi connectivity index (χ1n) is 6.74. The molecule has 7 heteroatoms. The molecular formula is C14H18FNO4S. The van der Waals surface area contributed by atoms with Gasteiger partial charge in [-0.2, -0.15) is 4.31 Å². The summed E-state index contributed by atoms with van der Waals surface area (Å²) in [5.41, 5.74) is 0.319. The number of halogens is 1. The maximum atomic E-state index is 13.1. The molecule has 0 spiro atoms. The summed E-state index contributed by atoms with van der Waals surface area (Å²) < 4.78 is 39.8. The highest BCUT2D eigenvalue weighted by molar-refractivity contribution is 7.89. The molecule has 0 amide bonds. The minimum atomic E-state index is -3.82. The van der Waals surface area contributed by atoms with Crippen molar-refractivity contribution in [2.45, 2.75) is 37.6 Å². The van der Waals surface area contributed by atoms with Crippen molar-refractivity contribution >= 4 is 16.0 Å². The molecule has 0 aliphatic carbocycles. The highest BCUT2D eigenvalue weighted by Gasteiger charge is 2.37. The van der Waals surface area contributed by atoms with Gasteiger partial charge in [0.15, 0.2) is 0 Å². The molecule has 1 N–H and O–H groups in total. The summed E-state index contributed by atoms with van der Waals surface area (Å²) in [4.78, 5) is 11.1. The largest absolute Gasteiger partial charge is 0.481 e. The van der Waals surface area contributed by atoms with E-state index >= 15 is 0 Å². The van der Waals surface area contributed by atoms with Gasteiger partial charge in [0.2, 0.25) is 10.0 Å². The van der Waals surface area contributed by atoms with Gasteiger partial charge in [-0.15, -0.1) is 0 Å². The van der Waals surface area contributed by atoms with Crippen LogP contribution in [0, 0.1) is 18.7 Å². The second kappa shape index (κ2) is 5.73. The smallest absolute Gasteiger partial charge is 0.307 e. The highest BCUT2D eigenvalue weighted by Crippen LogP contribution is 2.29. The Morgan fingerprint density at radius 2 is 2.05 bits per heavy atom. The quantitative estimate of drug-likeness (QED) is 0.926. The average Bonchev–Trinajstić information content (AvgIpc) is 2.38. The Kier molecular flexibility index (Phi) is 4.34. The molecule has 0 saturated carbocycles. The Morgan fingerprint density at radius 3 is 2.62 bits per heavy atom. The molecule has 2 atom stereocenters. The summed E-state index contributed by atoms with van der Waals surface area (Å²) in [5.74, 6) is -2.18. The summed E-state index contributed by atoms with van der Waals surface area (Å²) in [5, 5.41) is 9.10. The van der Waals surface area contributed by atoms with Crippen LogP contribution in [0.1, 0.15) is 25.3 Å². The van der Waals surface area contributed by atoms with Gasteiger partial charge in [-0.1, -0.05) is 0 Å². The lowest BCUT2D eigenvalue weighted by molar-refractivity contribution is -0.143. The molecule has 0 radical (unpaired) electrons. The van der Waals surface area contributed by atoms with Crippen molar-refractivity contribution in [1.29, 1.82) is 0 Å². The number of carboxylic acid groups (broad SMARTS) is 1. The van der Waals surface area contributed by atoms with E-state index in [9.17, 15) is 17.6 Å². The van der Waals surface area contributed by atoms with Crippen LogP contribution in [0.2, 0.25) is 0 Å². The molecule has 21 heavy (non-hydrogen) atoms. The molecule has 1 aliphatic rings. The molecule has 2 rings (SSSR count). The second-order valence-electron chi connectivity index (χ2n) is 5.45. The molecule has 1 aromatic rings. The number of nitrogens with zero attached hydrogens (tertiary/aromatic N) is 1. The Hall–Kier alpha value is -1.47. The normalized spacial score (nSPS) is 24.0. The number of hydrogen-bond acceptors (Lipinski definition) is 3. The average molecular weight is 315 g/mol. The molecule has 1 fully saturated rings. The summed E-state index contributed by atoms with van der Waals surface area (Å²) in [6.07, 6.45) is 0.960. The summed E-state index contributed by atoms with van der Waals surface area (Å²) >= 11 is 0. The summed E-state index contributed by atoms with van der Waals surface area (Å²) in [6, 6.07) is 3.23. The predicted octanol–water partition coefficient (Wildman–Crippen LogP) is 2.01. The van der Waals surface area contributed by atoms with Crippen LogP contribution < -0.4 is 0 Å². The van der Waals surface area contributed by atoms with Crippen LogP contribution in [0.25, 0.3) is 0 Å². The van der Waals surface area contributed by atoms with Crippen molar-refractivity contribution in [2.24, 2.45) is 5.92 Å². The number of carbonyl (C=O) groups is 1. The van der Waals surface area contributed by atoms with E-state index in [4.69, 9.17) is 5.11 Å². The monoisotopic (exact) mass is 315 g/mol. The zero-order valence-electron chi connectivity index (χ0n) is 11.9. The first-order valence-corrected chi connectivity index (χ1v) is 8.18. The van der Waals surface area contributed by atoms with E-state index in [1.54, 1.807) is 6.92 Å². The first-order chi connectivity index (χ1) is 9.73. The molecule has 1 aliphatic heterocycles. The van der Waals surface area contributed by atoms with Crippen molar-refractivity contribution < 1.29 is 22.7 Å². The number of rotatable bonds is 3. The zero-order chi connectivity index (χ0) is 15.8. The molecule has 1 aromatic carbocycles. The van der Waals surface area contributed by atoms with Crippen LogP contribution >= 0.6 is 0 Å². The molecule has 0 aromatic heterocycles. The van der Waals surface area contributed by atoms with Gasteiger partial charge in [0.1, 0.15) is 5.82 Å². The standard InChI is InChI=1S/C14H18FNO4S/c1-9-7-12(15)5-6-13(9)21(19,20)16-8-11(14(17)18)4-3-10(16)2/h5-7,10-11H,3-4,8H2,1-2H3,(H,17,18). The second-order valence-corrected chi connectivity index (χ2v) is 7.31. The Bertz CT molecular complexity index is 659. The lowest BCUT2D eigenvalue weighted by Crippen LogP contribution is -2.47. The number of carboxylic acids is 1. The van der Waals surface area contributed by atoms with Crippen LogP contribution in [0.5, 0.6) is 0 Å². The van der Waals surface area contributed by atoms with E-state index in [0.29, 0.717) is 18.4 Å². The van der Waals surface area contributed by atoms with Gasteiger partial charge in [-0.3, -0.25) is 4.79 Å². The van der Waals surface area contributed by atoms with Crippen molar-refractivity contribution in [2.75, 3.05) is 6.54 Å². The molecule has 1 saturated heterocycles. The third-order valence-electron chi connectivity index (χ3n) is 3.90. The van der Waals surface area contributed by atoms with E-state index < -0.39 is 27.7 Å². The van der Waals surface area contributed by atoms with Crippen LogP contribution in [-0.2, 0) is 14.8 Å². The van der Waals surface area contributed by atoms with Crippen molar-refractivity contribution in [1.82, 2.24) is 4.31 Å². The predicted molar refractivity (Wildman–Crippen MR) is 74.9 cm³/mol. The topological polar surface area (TPSA) is 74.7 Å². The zero-order valence-corrected chi connectivity index (χ0v) is 12.7.